The molecule has 1 saturated carbocycles. The van der Waals surface area contributed by atoms with Crippen molar-refractivity contribution in [2.75, 3.05) is 37.5 Å². The van der Waals surface area contributed by atoms with Gasteiger partial charge in [-0.15, -0.1) is 0 Å². The van der Waals surface area contributed by atoms with Crippen LogP contribution in [-0.2, 0) is 35.6 Å². The molecule has 2 atom stereocenters. The van der Waals surface area contributed by atoms with E-state index < -0.39 is 43.9 Å². The molecule has 250 valence electrons. The highest BCUT2D eigenvalue weighted by Crippen LogP contribution is 2.39. The molecular formula is C27H38F2N6O7S3. The summed E-state index contributed by atoms with van der Waals surface area (Å²) in [6.45, 7) is 4.29. The number of ether oxygens (including phenoxy) is 3. The molecule has 1 aromatic heterocycles. The van der Waals surface area contributed by atoms with Crippen LogP contribution in [0.15, 0.2) is 29.4 Å². The standard InChI is InChI=1S/C24H30F2N4O5S2.C3H8N2O2S/c1-16(19-14-33-24(35-19)9-3-2-4-10-24)34-21-13-20(29-37(31,32)30-11-6-12-30)27-23(28-21)36-15-17-7-5-8-18(25)22(17)26;4-8(6,7)5-2-1-3-5/h5,7-8,13,16,19H,2-4,6,9-12,14-15H2,1H3,(H,27,28,29);1-3H2,(H2,4,6,7)/t16-,19+;/m0./s1. The van der Waals surface area contributed by atoms with E-state index in [9.17, 15) is 25.6 Å². The molecular weight excluding hydrogens is 655 g/mol. The van der Waals surface area contributed by atoms with E-state index in [-0.39, 0.29) is 34.3 Å². The maximum absolute atomic E-state index is 14.1. The number of nitrogens with two attached hydrogens (primary N) is 1. The van der Waals surface area contributed by atoms with Gasteiger partial charge in [-0.2, -0.15) is 30.4 Å². The van der Waals surface area contributed by atoms with Gasteiger partial charge >= 0.3 is 10.2 Å². The Morgan fingerprint density at radius 1 is 1.07 bits per heavy atom. The number of hydrogen-bond acceptors (Lipinski definition) is 10. The minimum absolute atomic E-state index is 0.0265. The van der Waals surface area contributed by atoms with Crippen molar-refractivity contribution >= 4 is 38.0 Å². The van der Waals surface area contributed by atoms with E-state index in [1.54, 1.807) is 0 Å². The molecule has 0 bridgehead atoms. The number of rotatable bonds is 10. The summed E-state index contributed by atoms with van der Waals surface area (Å²) < 4.78 is 97.1. The van der Waals surface area contributed by atoms with Gasteiger partial charge in [0.2, 0.25) is 5.88 Å². The molecule has 0 amide bonds. The zero-order valence-corrected chi connectivity index (χ0v) is 27.3. The van der Waals surface area contributed by atoms with Crippen LogP contribution in [0.5, 0.6) is 5.88 Å². The van der Waals surface area contributed by atoms with Gasteiger partial charge in [0, 0.05) is 56.4 Å². The molecule has 0 radical (unpaired) electrons. The van der Waals surface area contributed by atoms with Crippen molar-refractivity contribution in [1.82, 2.24) is 18.6 Å². The van der Waals surface area contributed by atoms with Gasteiger partial charge in [0.05, 0.1) is 6.61 Å². The molecule has 18 heteroatoms. The van der Waals surface area contributed by atoms with Crippen molar-refractivity contribution in [3.8, 4) is 5.88 Å². The highest BCUT2D eigenvalue weighted by atomic mass is 32.2. The fraction of sp³-hybridized carbons (Fsp3) is 0.630. The first-order chi connectivity index (χ1) is 21.3. The molecule has 13 nitrogen and oxygen atoms in total. The normalized spacial score (nSPS) is 22.5. The summed E-state index contributed by atoms with van der Waals surface area (Å²) >= 11 is 1.04. The van der Waals surface area contributed by atoms with Gasteiger partial charge in [-0.05, 0) is 38.7 Å². The second kappa shape index (κ2) is 14.3. The Morgan fingerprint density at radius 2 is 1.76 bits per heavy atom. The maximum atomic E-state index is 14.1. The highest BCUT2D eigenvalue weighted by Gasteiger charge is 2.44. The van der Waals surface area contributed by atoms with Gasteiger partial charge in [-0.3, -0.25) is 4.72 Å². The van der Waals surface area contributed by atoms with Crippen LogP contribution in [0.4, 0.5) is 14.6 Å². The number of nitrogens with one attached hydrogen (secondary N) is 1. The van der Waals surface area contributed by atoms with E-state index in [4.69, 9.17) is 19.3 Å². The molecule has 4 fully saturated rings. The molecule has 45 heavy (non-hydrogen) atoms. The predicted octanol–water partition coefficient (Wildman–Crippen LogP) is 3.15. The molecule has 1 aromatic carbocycles. The molecule has 4 heterocycles. The van der Waals surface area contributed by atoms with Gasteiger partial charge in [0.25, 0.3) is 10.2 Å². The van der Waals surface area contributed by atoms with Crippen LogP contribution >= 0.6 is 11.8 Å². The van der Waals surface area contributed by atoms with Crippen LogP contribution in [-0.4, -0.2) is 86.2 Å². The first kappa shape index (κ1) is 34.2. The van der Waals surface area contributed by atoms with Gasteiger partial charge in [-0.1, -0.05) is 30.3 Å². The molecule has 6 rings (SSSR count). The number of aromatic nitrogens is 2. The monoisotopic (exact) mass is 692 g/mol. The molecule has 3 aliphatic heterocycles. The molecule has 3 N–H and O–H groups in total. The van der Waals surface area contributed by atoms with Crippen molar-refractivity contribution in [3.05, 3.63) is 41.5 Å². The van der Waals surface area contributed by atoms with E-state index in [1.165, 1.54) is 33.2 Å². The Balaban J connectivity index is 0.000000436. The molecule has 2 aromatic rings. The summed E-state index contributed by atoms with van der Waals surface area (Å²) in [5.41, 5.74) is 0.144. The van der Waals surface area contributed by atoms with Crippen molar-refractivity contribution in [1.29, 1.82) is 0 Å². The first-order valence-electron chi connectivity index (χ1n) is 14.8. The number of anilines is 1. The average Bonchev–Trinajstić information content (AvgIpc) is 3.30. The summed E-state index contributed by atoms with van der Waals surface area (Å²) in [7, 11) is -7.11. The summed E-state index contributed by atoms with van der Waals surface area (Å²) in [6, 6.07) is 5.35. The van der Waals surface area contributed by atoms with E-state index >= 15 is 0 Å². The van der Waals surface area contributed by atoms with Crippen LogP contribution in [0.1, 0.15) is 57.4 Å². The second-order valence-electron chi connectivity index (χ2n) is 11.3. The van der Waals surface area contributed by atoms with Crippen LogP contribution in [0.2, 0.25) is 0 Å². The van der Waals surface area contributed by atoms with E-state index in [0.717, 1.165) is 56.4 Å². The van der Waals surface area contributed by atoms with E-state index in [1.807, 2.05) is 6.92 Å². The Morgan fingerprint density at radius 3 is 2.36 bits per heavy atom. The lowest BCUT2D eigenvalue weighted by atomic mass is 9.94. The van der Waals surface area contributed by atoms with E-state index in [2.05, 4.69) is 14.7 Å². The van der Waals surface area contributed by atoms with Crippen LogP contribution in [0, 0.1) is 11.6 Å². The SMILES string of the molecule is C[C@H](Oc1cc(NS(=O)(=O)N2CCC2)nc(SCc2cccc(F)c2F)n1)[C@H]1COC2(CCCCC2)O1.NS(=O)(=O)N1CCC1. The lowest BCUT2D eigenvalue weighted by Crippen LogP contribution is -2.45. The minimum atomic E-state index is -3.78. The number of thioether (sulfide) groups is 1. The summed E-state index contributed by atoms with van der Waals surface area (Å²) in [4.78, 5) is 8.68. The largest absolute Gasteiger partial charge is 0.472 e. The molecule has 1 spiro atoms. The Hall–Kier alpha value is -2.19. The highest BCUT2D eigenvalue weighted by molar-refractivity contribution is 7.98. The number of benzene rings is 1. The lowest BCUT2D eigenvalue weighted by Gasteiger charge is -2.32. The number of halogens is 2. The second-order valence-corrected chi connectivity index (χ2v) is 15.5. The smallest absolute Gasteiger partial charge is 0.302 e. The molecule has 1 aliphatic carbocycles. The third kappa shape index (κ3) is 8.79. The Bertz CT molecular complexity index is 1560. The Labute approximate surface area is 266 Å². The van der Waals surface area contributed by atoms with E-state index in [0.29, 0.717) is 32.8 Å². The number of hydrogen-bond donors (Lipinski definition) is 2. The van der Waals surface area contributed by atoms with Gasteiger partial charge in [0.1, 0.15) is 18.0 Å². The zero-order valence-electron chi connectivity index (χ0n) is 24.9. The van der Waals surface area contributed by atoms with Gasteiger partial charge in [0.15, 0.2) is 22.6 Å². The fourth-order valence-corrected chi connectivity index (χ4v) is 7.91. The minimum Gasteiger partial charge on any atom is -0.472 e. The first-order valence-corrected chi connectivity index (χ1v) is 18.8. The van der Waals surface area contributed by atoms with Gasteiger partial charge in [-0.25, -0.2) is 18.9 Å². The summed E-state index contributed by atoms with van der Waals surface area (Å²) in [6.07, 6.45) is 5.97. The van der Waals surface area contributed by atoms with Crippen molar-refractivity contribution in [2.45, 2.75) is 80.8 Å². The van der Waals surface area contributed by atoms with Gasteiger partial charge < -0.3 is 14.2 Å². The Kier molecular flexibility index (Phi) is 10.8. The molecule has 3 saturated heterocycles. The third-order valence-electron chi connectivity index (χ3n) is 7.96. The topological polar surface area (TPSA) is 166 Å². The average molecular weight is 693 g/mol. The van der Waals surface area contributed by atoms with Crippen molar-refractivity contribution < 1.29 is 39.8 Å². The van der Waals surface area contributed by atoms with Crippen molar-refractivity contribution in [2.24, 2.45) is 5.14 Å². The quantitative estimate of drug-likeness (QED) is 0.279. The third-order valence-corrected chi connectivity index (χ3v) is 11.4. The number of nitrogens with zero attached hydrogens (tertiary/aromatic N) is 4. The maximum Gasteiger partial charge on any atom is 0.302 e. The summed E-state index contributed by atoms with van der Waals surface area (Å²) in [5.74, 6) is -2.23. The van der Waals surface area contributed by atoms with Crippen LogP contribution in [0.25, 0.3) is 0 Å². The van der Waals surface area contributed by atoms with Crippen molar-refractivity contribution in [3.63, 3.8) is 0 Å². The summed E-state index contributed by atoms with van der Waals surface area (Å²) in [5, 5.41) is 4.89. The molecule has 4 aliphatic rings. The van der Waals surface area contributed by atoms with Crippen LogP contribution < -0.4 is 14.6 Å². The predicted molar refractivity (Wildman–Crippen MR) is 163 cm³/mol. The fourth-order valence-electron chi connectivity index (χ4n) is 5.08. The lowest BCUT2D eigenvalue weighted by molar-refractivity contribution is -0.193. The van der Waals surface area contributed by atoms with Crippen LogP contribution in [0.3, 0.4) is 0 Å². The molecule has 0 unspecified atom stereocenters. The zero-order chi connectivity index (χ0) is 32.2.